The van der Waals surface area contributed by atoms with Crippen molar-refractivity contribution in [3.05, 3.63) is 29.3 Å². The van der Waals surface area contributed by atoms with Gasteiger partial charge >= 0.3 is 0 Å². The van der Waals surface area contributed by atoms with Crippen LogP contribution in [0.1, 0.15) is 29.3 Å². The first-order valence-corrected chi connectivity index (χ1v) is 4.65. The Bertz CT molecular complexity index is 333. The van der Waals surface area contributed by atoms with E-state index >= 15 is 0 Å². The third kappa shape index (κ3) is 1.44. The minimum atomic E-state index is 0.480. The largest absolute Gasteiger partial charge is 0.382 e. The van der Waals surface area contributed by atoms with Crippen molar-refractivity contribution < 1.29 is 4.79 Å². The third-order valence-corrected chi connectivity index (χ3v) is 2.55. The van der Waals surface area contributed by atoms with Gasteiger partial charge in [0.25, 0.3) is 0 Å². The molecule has 2 rings (SSSR count). The van der Waals surface area contributed by atoms with Crippen molar-refractivity contribution >= 4 is 12.0 Å². The minimum absolute atomic E-state index is 0.480. The number of fused-ring (bicyclic) bond motifs is 1. The van der Waals surface area contributed by atoms with Crippen molar-refractivity contribution in [1.29, 1.82) is 0 Å². The summed E-state index contributed by atoms with van der Waals surface area (Å²) in [5.41, 5.74) is 3.09. The van der Waals surface area contributed by atoms with Gasteiger partial charge in [0.1, 0.15) is 0 Å². The zero-order chi connectivity index (χ0) is 9.26. The van der Waals surface area contributed by atoms with Crippen LogP contribution in [0, 0.1) is 0 Å². The number of anilines is 1. The van der Waals surface area contributed by atoms with Gasteiger partial charge in [-0.25, -0.2) is 0 Å². The molecule has 1 aromatic rings. The number of nitrogens with one attached hydrogen (secondary N) is 1. The first-order chi connectivity index (χ1) is 6.31. The van der Waals surface area contributed by atoms with Gasteiger partial charge in [-0.15, -0.1) is 0 Å². The minimum Gasteiger partial charge on any atom is -0.382 e. The molecule has 2 heteroatoms. The molecule has 1 atom stereocenters. The summed E-state index contributed by atoms with van der Waals surface area (Å²) in [6, 6.07) is 6.37. The first kappa shape index (κ1) is 8.30. The third-order valence-electron chi connectivity index (χ3n) is 2.55. The van der Waals surface area contributed by atoms with E-state index in [0.717, 1.165) is 30.4 Å². The molecule has 1 N–H and O–H groups in total. The maximum Gasteiger partial charge on any atom is 0.152 e. The van der Waals surface area contributed by atoms with Crippen LogP contribution in [0.25, 0.3) is 0 Å². The molecule has 0 aliphatic carbocycles. The van der Waals surface area contributed by atoms with Crippen LogP contribution in [-0.2, 0) is 6.42 Å². The predicted octanol–water partition coefficient (Wildman–Crippen LogP) is 2.25. The van der Waals surface area contributed by atoms with Crippen LogP contribution >= 0.6 is 0 Å². The molecule has 13 heavy (non-hydrogen) atoms. The second-order valence-electron chi connectivity index (χ2n) is 3.58. The van der Waals surface area contributed by atoms with Gasteiger partial charge in [0, 0.05) is 17.3 Å². The molecule has 0 amide bonds. The Labute approximate surface area is 78.0 Å². The predicted molar refractivity (Wildman–Crippen MR) is 53.2 cm³/mol. The lowest BCUT2D eigenvalue weighted by Gasteiger charge is -2.25. The Morgan fingerprint density at radius 2 is 2.38 bits per heavy atom. The Kier molecular flexibility index (Phi) is 2.05. The summed E-state index contributed by atoms with van der Waals surface area (Å²) < 4.78 is 0. The summed E-state index contributed by atoms with van der Waals surface area (Å²) in [5.74, 6) is 0. The van der Waals surface area contributed by atoms with E-state index in [1.54, 1.807) is 0 Å². The molecule has 0 fully saturated rings. The van der Waals surface area contributed by atoms with Crippen LogP contribution in [0.3, 0.4) is 0 Å². The summed E-state index contributed by atoms with van der Waals surface area (Å²) in [7, 11) is 0. The molecule has 0 saturated carbocycles. The number of carbonyl (C=O) groups excluding carboxylic acids is 1. The number of rotatable bonds is 1. The van der Waals surface area contributed by atoms with Crippen LogP contribution in [0.4, 0.5) is 5.69 Å². The van der Waals surface area contributed by atoms with E-state index < -0.39 is 0 Å². The Morgan fingerprint density at radius 3 is 3.15 bits per heavy atom. The lowest BCUT2D eigenvalue weighted by Crippen LogP contribution is -2.22. The maximum atomic E-state index is 10.7. The average Bonchev–Trinajstić information content (AvgIpc) is 2.17. The highest BCUT2D eigenvalue weighted by atomic mass is 16.1. The number of aryl methyl sites for hydroxylation is 1. The monoisotopic (exact) mass is 175 g/mol. The fraction of sp³-hybridized carbons (Fsp3) is 0.364. The van der Waals surface area contributed by atoms with Gasteiger partial charge in [-0.1, -0.05) is 12.1 Å². The molecule has 1 aliphatic heterocycles. The molecular weight excluding hydrogens is 162 g/mol. The molecular formula is C11H13NO. The fourth-order valence-corrected chi connectivity index (χ4v) is 1.79. The molecule has 0 radical (unpaired) electrons. The van der Waals surface area contributed by atoms with Crippen LogP contribution < -0.4 is 5.32 Å². The summed E-state index contributed by atoms with van der Waals surface area (Å²) >= 11 is 0. The van der Waals surface area contributed by atoms with Crippen LogP contribution in [0.15, 0.2) is 18.2 Å². The number of hydrogen-bond acceptors (Lipinski definition) is 2. The SMILES string of the molecule is CC1CCc2cccc(C=O)c2N1. The summed E-state index contributed by atoms with van der Waals surface area (Å²) in [6.07, 6.45) is 3.14. The van der Waals surface area contributed by atoms with Crippen LogP contribution in [-0.4, -0.2) is 12.3 Å². The summed E-state index contributed by atoms with van der Waals surface area (Å²) in [4.78, 5) is 10.7. The van der Waals surface area contributed by atoms with Gasteiger partial charge in [-0.3, -0.25) is 4.79 Å². The molecule has 0 aromatic heterocycles. The van der Waals surface area contributed by atoms with Gasteiger partial charge in [0.15, 0.2) is 6.29 Å². The fourth-order valence-electron chi connectivity index (χ4n) is 1.79. The first-order valence-electron chi connectivity index (χ1n) is 4.65. The molecule has 1 heterocycles. The van der Waals surface area contributed by atoms with Crippen LogP contribution in [0.2, 0.25) is 0 Å². The molecule has 0 saturated heterocycles. The molecule has 1 aliphatic rings. The normalized spacial score (nSPS) is 20.2. The number of hydrogen-bond donors (Lipinski definition) is 1. The van der Waals surface area contributed by atoms with Crippen molar-refractivity contribution in [3.8, 4) is 0 Å². The maximum absolute atomic E-state index is 10.7. The standard InChI is InChI=1S/C11H13NO/c1-8-5-6-9-3-2-4-10(7-13)11(9)12-8/h2-4,7-8,12H,5-6H2,1H3. The number of para-hydroxylation sites is 1. The smallest absolute Gasteiger partial charge is 0.152 e. The van der Waals surface area contributed by atoms with Crippen molar-refractivity contribution in [2.45, 2.75) is 25.8 Å². The molecule has 2 nitrogen and oxygen atoms in total. The average molecular weight is 175 g/mol. The highest BCUT2D eigenvalue weighted by Gasteiger charge is 2.15. The van der Waals surface area contributed by atoms with Gasteiger partial charge in [-0.05, 0) is 31.4 Å². The van der Waals surface area contributed by atoms with Gasteiger partial charge in [-0.2, -0.15) is 0 Å². The molecule has 0 spiro atoms. The van der Waals surface area contributed by atoms with Crippen LogP contribution in [0.5, 0.6) is 0 Å². The van der Waals surface area contributed by atoms with Gasteiger partial charge in [0.05, 0.1) is 0 Å². The van der Waals surface area contributed by atoms with Crippen molar-refractivity contribution in [2.75, 3.05) is 5.32 Å². The zero-order valence-corrected chi connectivity index (χ0v) is 7.71. The van der Waals surface area contributed by atoms with Gasteiger partial charge < -0.3 is 5.32 Å². The second-order valence-corrected chi connectivity index (χ2v) is 3.58. The molecule has 1 unspecified atom stereocenters. The Hall–Kier alpha value is -1.31. The lowest BCUT2D eigenvalue weighted by molar-refractivity contribution is 0.112. The number of carbonyl (C=O) groups is 1. The quantitative estimate of drug-likeness (QED) is 0.663. The van der Waals surface area contributed by atoms with E-state index in [-0.39, 0.29) is 0 Å². The van der Waals surface area contributed by atoms with Gasteiger partial charge in [0.2, 0.25) is 0 Å². The molecule has 68 valence electrons. The van der Waals surface area contributed by atoms with Crippen molar-refractivity contribution in [3.63, 3.8) is 0 Å². The highest BCUT2D eigenvalue weighted by molar-refractivity contribution is 5.86. The van der Waals surface area contributed by atoms with Crippen molar-refractivity contribution in [1.82, 2.24) is 0 Å². The lowest BCUT2D eigenvalue weighted by atomic mass is 9.96. The number of aldehydes is 1. The van der Waals surface area contributed by atoms with E-state index in [1.165, 1.54) is 5.56 Å². The second kappa shape index (κ2) is 3.21. The number of benzene rings is 1. The Morgan fingerprint density at radius 1 is 1.54 bits per heavy atom. The van der Waals surface area contributed by atoms with E-state index in [2.05, 4.69) is 18.3 Å². The van der Waals surface area contributed by atoms with E-state index in [0.29, 0.717) is 6.04 Å². The van der Waals surface area contributed by atoms with E-state index in [9.17, 15) is 4.79 Å². The summed E-state index contributed by atoms with van der Waals surface area (Å²) in [6.45, 7) is 2.14. The van der Waals surface area contributed by atoms with E-state index in [4.69, 9.17) is 0 Å². The molecule has 0 bridgehead atoms. The summed E-state index contributed by atoms with van der Waals surface area (Å²) in [5, 5.41) is 3.35. The Balaban J connectivity index is 2.46. The topological polar surface area (TPSA) is 29.1 Å². The van der Waals surface area contributed by atoms with Crippen molar-refractivity contribution in [2.24, 2.45) is 0 Å². The van der Waals surface area contributed by atoms with E-state index in [1.807, 2.05) is 12.1 Å². The molecule has 1 aromatic carbocycles. The highest BCUT2D eigenvalue weighted by Crippen LogP contribution is 2.27. The zero-order valence-electron chi connectivity index (χ0n) is 7.71.